The van der Waals surface area contributed by atoms with E-state index in [2.05, 4.69) is 18.7 Å². The van der Waals surface area contributed by atoms with Gasteiger partial charge in [0.25, 0.3) is 0 Å². The van der Waals surface area contributed by atoms with Gasteiger partial charge in [-0.15, -0.1) is 0 Å². The molecule has 0 aliphatic carbocycles. The first-order chi connectivity index (χ1) is 9.12. The Kier molecular flexibility index (Phi) is 7.44. The van der Waals surface area contributed by atoms with E-state index in [-0.39, 0.29) is 0 Å². The minimum Gasteiger partial charge on any atom is -0.481 e. The summed E-state index contributed by atoms with van der Waals surface area (Å²) in [6, 6.07) is 0. The molecule has 0 aromatic rings. The molecule has 1 aliphatic heterocycles. The molecule has 1 heterocycles. The van der Waals surface area contributed by atoms with Crippen LogP contribution in [0.25, 0.3) is 0 Å². The van der Waals surface area contributed by atoms with Crippen LogP contribution in [0.15, 0.2) is 0 Å². The van der Waals surface area contributed by atoms with Crippen LogP contribution < -0.4 is 0 Å². The largest absolute Gasteiger partial charge is 0.481 e. The highest BCUT2D eigenvalue weighted by atomic mass is 16.4. The van der Waals surface area contributed by atoms with Gasteiger partial charge < -0.3 is 10.0 Å². The molecule has 3 nitrogen and oxygen atoms in total. The number of likely N-dealkylation sites (tertiary alicyclic amines) is 1. The van der Waals surface area contributed by atoms with Gasteiger partial charge in [0, 0.05) is 19.5 Å². The van der Waals surface area contributed by atoms with Crippen LogP contribution in [0.3, 0.4) is 0 Å². The van der Waals surface area contributed by atoms with Gasteiger partial charge >= 0.3 is 5.97 Å². The Morgan fingerprint density at radius 1 is 1.05 bits per heavy atom. The quantitative estimate of drug-likeness (QED) is 0.578. The van der Waals surface area contributed by atoms with Crippen LogP contribution >= 0.6 is 0 Å². The molecule has 19 heavy (non-hydrogen) atoms. The minimum absolute atomic E-state index is 0.333. The number of nitrogens with zero attached hydrogens (tertiary/aromatic N) is 1. The first-order valence-electron chi connectivity index (χ1n) is 8.06. The Hall–Kier alpha value is -0.570. The second-order valence-electron chi connectivity index (χ2n) is 6.27. The lowest BCUT2D eigenvalue weighted by atomic mass is 9.72. The van der Waals surface area contributed by atoms with Crippen molar-refractivity contribution in [3.63, 3.8) is 0 Å². The van der Waals surface area contributed by atoms with E-state index in [0.717, 1.165) is 12.8 Å². The molecule has 0 atom stereocenters. The van der Waals surface area contributed by atoms with Crippen LogP contribution in [0.5, 0.6) is 0 Å². The van der Waals surface area contributed by atoms with Crippen LogP contribution in [0.4, 0.5) is 0 Å². The zero-order chi connectivity index (χ0) is 14.1. The third-order valence-electron chi connectivity index (χ3n) is 4.29. The smallest absolute Gasteiger partial charge is 0.303 e. The Morgan fingerprint density at radius 2 is 1.63 bits per heavy atom. The molecule has 1 fully saturated rings. The van der Waals surface area contributed by atoms with E-state index in [4.69, 9.17) is 5.11 Å². The second kappa shape index (κ2) is 8.57. The van der Waals surface area contributed by atoms with E-state index in [9.17, 15) is 4.79 Å². The van der Waals surface area contributed by atoms with E-state index in [0.29, 0.717) is 11.8 Å². The normalized spacial score (nSPS) is 18.2. The molecule has 1 rings (SSSR count). The van der Waals surface area contributed by atoms with Crippen molar-refractivity contribution in [2.75, 3.05) is 19.6 Å². The SMILES string of the molecule is CCCC1(CCC)CN(CCCCCCC(=O)O)C1. The number of carbonyl (C=O) groups is 1. The van der Waals surface area contributed by atoms with Crippen LogP contribution in [0.1, 0.15) is 71.6 Å². The number of aliphatic carboxylic acids is 1. The van der Waals surface area contributed by atoms with Gasteiger partial charge in [0.15, 0.2) is 0 Å². The standard InChI is InChI=1S/C16H31NO2/c1-3-10-16(11-4-2)13-17(14-16)12-8-6-5-7-9-15(18)19/h3-14H2,1-2H3,(H,18,19). The van der Waals surface area contributed by atoms with Crippen molar-refractivity contribution in [3.05, 3.63) is 0 Å². The highest BCUT2D eigenvalue weighted by Gasteiger charge is 2.40. The van der Waals surface area contributed by atoms with E-state index in [1.807, 2.05) is 0 Å². The first kappa shape index (κ1) is 16.5. The third-order valence-corrected chi connectivity index (χ3v) is 4.29. The molecule has 0 aromatic carbocycles. The molecule has 3 heteroatoms. The summed E-state index contributed by atoms with van der Waals surface area (Å²) in [6.07, 6.45) is 10.0. The summed E-state index contributed by atoms with van der Waals surface area (Å²) in [7, 11) is 0. The summed E-state index contributed by atoms with van der Waals surface area (Å²) in [5, 5.41) is 8.56. The zero-order valence-electron chi connectivity index (χ0n) is 12.8. The Morgan fingerprint density at radius 3 is 2.16 bits per heavy atom. The van der Waals surface area contributed by atoms with Crippen molar-refractivity contribution >= 4 is 5.97 Å². The molecule has 0 saturated carbocycles. The molecule has 1 N–H and O–H groups in total. The molecular formula is C16H31NO2. The van der Waals surface area contributed by atoms with Gasteiger partial charge in [0.1, 0.15) is 0 Å². The number of hydrogen-bond donors (Lipinski definition) is 1. The molecule has 0 radical (unpaired) electrons. The van der Waals surface area contributed by atoms with Crippen molar-refractivity contribution in [3.8, 4) is 0 Å². The molecule has 0 bridgehead atoms. The maximum atomic E-state index is 10.4. The average Bonchev–Trinajstić information content (AvgIpc) is 2.31. The summed E-state index contributed by atoms with van der Waals surface area (Å²) in [5.41, 5.74) is 0.632. The van der Waals surface area contributed by atoms with Crippen molar-refractivity contribution in [1.29, 1.82) is 0 Å². The molecule has 0 amide bonds. The van der Waals surface area contributed by atoms with Gasteiger partial charge in [-0.3, -0.25) is 4.79 Å². The van der Waals surface area contributed by atoms with Crippen LogP contribution in [-0.4, -0.2) is 35.6 Å². The topological polar surface area (TPSA) is 40.5 Å². The van der Waals surface area contributed by atoms with Crippen LogP contribution in [0.2, 0.25) is 0 Å². The van der Waals surface area contributed by atoms with Crippen molar-refractivity contribution in [2.24, 2.45) is 5.41 Å². The van der Waals surface area contributed by atoms with Gasteiger partial charge in [-0.1, -0.05) is 39.5 Å². The van der Waals surface area contributed by atoms with Crippen molar-refractivity contribution < 1.29 is 9.90 Å². The zero-order valence-corrected chi connectivity index (χ0v) is 12.8. The Balaban J connectivity index is 2.02. The fourth-order valence-corrected chi connectivity index (χ4v) is 3.53. The fourth-order valence-electron chi connectivity index (χ4n) is 3.53. The summed E-state index contributed by atoms with van der Waals surface area (Å²) in [4.78, 5) is 13.0. The molecule has 0 unspecified atom stereocenters. The predicted octanol–water partition coefficient (Wildman–Crippen LogP) is 3.92. The van der Waals surface area contributed by atoms with Gasteiger partial charge in [-0.2, -0.15) is 0 Å². The van der Waals surface area contributed by atoms with E-state index in [1.54, 1.807) is 0 Å². The fraction of sp³-hybridized carbons (Fsp3) is 0.938. The molecule has 1 aliphatic rings. The number of carboxylic acid groups (broad SMARTS) is 1. The summed E-state index contributed by atoms with van der Waals surface area (Å²) in [5.74, 6) is -0.661. The highest BCUT2D eigenvalue weighted by Crippen LogP contribution is 2.39. The maximum absolute atomic E-state index is 10.4. The van der Waals surface area contributed by atoms with E-state index in [1.165, 1.54) is 58.2 Å². The Bertz CT molecular complexity index is 251. The summed E-state index contributed by atoms with van der Waals surface area (Å²) < 4.78 is 0. The van der Waals surface area contributed by atoms with Crippen LogP contribution in [0, 0.1) is 5.41 Å². The highest BCUT2D eigenvalue weighted by molar-refractivity contribution is 5.66. The minimum atomic E-state index is -0.661. The predicted molar refractivity (Wildman–Crippen MR) is 79.4 cm³/mol. The number of rotatable bonds is 11. The lowest BCUT2D eigenvalue weighted by molar-refractivity contribution is -0.137. The molecular weight excluding hydrogens is 238 g/mol. The van der Waals surface area contributed by atoms with Crippen molar-refractivity contribution in [2.45, 2.75) is 71.6 Å². The third kappa shape index (κ3) is 5.94. The molecule has 1 saturated heterocycles. The number of unbranched alkanes of at least 4 members (excludes halogenated alkanes) is 3. The average molecular weight is 269 g/mol. The lowest BCUT2D eigenvalue weighted by Crippen LogP contribution is -2.56. The monoisotopic (exact) mass is 269 g/mol. The summed E-state index contributed by atoms with van der Waals surface area (Å²) in [6.45, 7) is 8.39. The molecule has 0 aromatic heterocycles. The molecule has 0 spiro atoms. The van der Waals surface area contributed by atoms with Gasteiger partial charge in [-0.05, 0) is 37.6 Å². The van der Waals surface area contributed by atoms with Crippen molar-refractivity contribution in [1.82, 2.24) is 4.90 Å². The second-order valence-corrected chi connectivity index (χ2v) is 6.27. The van der Waals surface area contributed by atoms with E-state index >= 15 is 0 Å². The van der Waals surface area contributed by atoms with Crippen LogP contribution in [-0.2, 0) is 4.79 Å². The number of carboxylic acids is 1. The first-order valence-corrected chi connectivity index (χ1v) is 8.06. The van der Waals surface area contributed by atoms with Gasteiger partial charge in [0.05, 0.1) is 0 Å². The maximum Gasteiger partial charge on any atom is 0.303 e. The Labute approximate surface area is 118 Å². The number of hydrogen-bond acceptors (Lipinski definition) is 2. The summed E-state index contributed by atoms with van der Waals surface area (Å²) >= 11 is 0. The molecule has 112 valence electrons. The lowest BCUT2D eigenvalue weighted by Gasteiger charge is -2.51. The van der Waals surface area contributed by atoms with Gasteiger partial charge in [0.2, 0.25) is 0 Å². The van der Waals surface area contributed by atoms with E-state index < -0.39 is 5.97 Å². The van der Waals surface area contributed by atoms with Gasteiger partial charge in [-0.25, -0.2) is 0 Å².